The summed E-state index contributed by atoms with van der Waals surface area (Å²) in [5.41, 5.74) is 3.30. The molecule has 0 aliphatic carbocycles. The predicted molar refractivity (Wildman–Crippen MR) is 104 cm³/mol. The topological polar surface area (TPSA) is 55.1 Å². The number of carbonyl (C=O) groups is 1. The molecule has 0 radical (unpaired) electrons. The van der Waals surface area contributed by atoms with Crippen LogP contribution in [0.4, 0.5) is 5.69 Å². The summed E-state index contributed by atoms with van der Waals surface area (Å²) >= 11 is 12.0. The maximum absolute atomic E-state index is 12.4. The van der Waals surface area contributed by atoms with Crippen LogP contribution in [0.2, 0.25) is 10.0 Å². The molecule has 0 saturated carbocycles. The fourth-order valence-corrected chi connectivity index (χ4v) is 2.94. The quantitative estimate of drug-likeness (QED) is 0.468. The number of para-hydroxylation sites is 2. The average Bonchev–Trinajstić information content (AvgIpc) is 3.08. The molecule has 0 spiro atoms. The van der Waals surface area contributed by atoms with Crippen molar-refractivity contribution in [2.75, 3.05) is 5.32 Å². The van der Waals surface area contributed by atoms with Gasteiger partial charge in [-0.05, 0) is 54.6 Å². The van der Waals surface area contributed by atoms with Crippen LogP contribution in [0, 0.1) is 0 Å². The number of fused-ring (bicyclic) bond motifs is 1. The van der Waals surface area contributed by atoms with Crippen molar-refractivity contribution in [3.05, 3.63) is 82.3 Å². The SMILES string of the molecule is O=C(Nc1ccc(-c2nc3ccccc3o2)cc1)c1cc(Cl)ccc1Cl. The van der Waals surface area contributed by atoms with Gasteiger partial charge in [-0.15, -0.1) is 0 Å². The van der Waals surface area contributed by atoms with Crippen molar-refractivity contribution >= 4 is 45.9 Å². The number of amides is 1. The highest BCUT2D eigenvalue weighted by atomic mass is 35.5. The molecule has 0 saturated heterocycles. The third kappa shape index (κ3) is 3.29. The highest BCUT2D eigenvalue weighted by Crippen LogP contribution is 2.26. The fraction of sp³-hybridized carbons (Fsp3) is 0. The standard InChI is InChI=1S/C20H12Cl2N2O2/c21-13-7-10-16(22)15(11-13)19(25)23-14-8-5-12(6-9-14)20-24-17-3-1-2-4-18(17)26-20/h1-11H,(H,23,25). The molecular formula is C20H12Cl2N2O2. The number of nitrogens with one attached hydrogen (secondary N) is 1. The predicted octanol–water partition coefficient (Wildman–Crippen LogP) is 6.05. The Bertz CT molecular complexity index is 1070. The molecule has 1 N–H and O–H groups in total. The minimum atomic E-state index is -0.327. The van der Waals surface area contributed by atoms with Crippen LogP contribution in [0.25, 0.3) is 22.6 Å². The summed E-state index contributed by atoms with van der Waals surface area (Å²) in [5, 5.41) is 3.59. The van der Waals surface area contributed by atoms with E-state index in [1.54, 1.807) is 24.3 Å². The zero-order valence-electron chi connectivity index (χ0n) is 13.4. The van der Waals surface area contributed by atoms with E-state index in [-0.39, 0.29) is 5.91 Å². The molecule has 0 atom stereocenters. The molecule has 3 aromatic carbocycles. The Kier molecular flexibility index (Phi) is 4.37. The maximum atomic E-state index is 12.4. The second-order valence-corrected chi connectivity index (χ2v) is 6.49. The molecule has 1 amide bonds. The number of nitrogens with zero attached hydrogens (tertiary/aromatic N) is 1. The van der Waals surface area contributed by atoms with E-state index < -0.39 is 0 Å². The Morgan fingerprint density at radius 1 is 0.962 bits per heavy atom. The number of rotatable bonds is 3. The van der Waals surface area contributed by atoms with Crippen LogP contribution in [0.15, 0.2) is 71.1 Å². The minimum absolute atomic E-state index is 0.321. The van der Waals surface area contributed by atoms with Crippen LogP contribution in [0.5, 0.6) is 0 Å². The third-order valence-corrected chi connectivity index (χ3v) is 4.42. The number of carbonyl (C=O) groups excluding carboxylic acids is 1. The zero-order chi connectivity index (χ0) is 18.1. The number of halogens is 2. The number of anilines is 1. The van der Waals surface area contributed by atoms with Crippen molar-refractivity contribution in [2.24, 2.45) is 0 Å². The summed E-state index contributed by atoms with van der Waals surface area (Å²) in [6.45, 7) is 0. The maximum Gasteiger partial charge on any atom is 0.257 e. The number of aromatic nitrogens is 1. The molecule has 0 bridgehead atoms. The van der Waals surface area contributed by atoms with Gasteiger partial charge in [0.2, 0.25) is 5.89 Å². The van der Waals surface area contributed by atoms with E-state index in [9.17, 15) is 4.79 Å². The lowest BCUT2D eigenvalue weighted by Crippen LogP contribution is -2.12. The molecule has 1 aromatic heterocycles. The van der Waals surface area contributed by atoms with Gasteiger partial charge >= 0.3 is 0 Å². The van der Waals surface area contributed by atoms with E-state index in [1.165, 1.54) is 6.07 Å². The molecule has 4 nitrogen and oxygen atoms in total. The lowest BCUT2D eigenvalue weighted by Gasteiger charge is -2.07. The molecule has 128 valence electrons. The third-order valence-electron chi connectivity index (χ3n) is 3.86. The van der Waals surface area contributed by atoms with Gasteiger partial charge in [0.1, 0.15) is 5.52 Å². The van der Waals surface area contributed by atoms with Crippen LogP contribution in [-0.4, -0.2) is 10.9 Å². The first-order valence-electron chi connectivity index (χ1n) is 7.82. The average molecular weight is 383 g/mol. The molecular weight excluding hydrogens is 371 g/mol. The summed E-state index contributed by atoms with van der Waals surface area (Å²) in [7, 11) is 0. The Balaban J connectivity index is 1.56. The van der Waals surface area contributed by atoms with E-state index in [4.69, 9.17) is 27.6 Å². The van der Waals surface area contributed by atoms with Crippen molar-refractivity contribution in [1.29, 1.82) is 0 Å². The van der Waals surface area contributed by atoms with Gasteiger partial charge in [-0.25, -0.2) is 4.98 Å². The van der Waals surface area contributed by atoms with E-state index >= 15 is 0 Å². The summed E-state index contributed by atoms with van der Waals surface area (Å²) in [6, 6.07) is 19.6. The Labute approximate surface area is 159 Å². The van der Waals surface area contributed by atoms with E-state index in [0.29, 0.717) is 27.2 Å². The molecule has 0 aliphatic rings. The van der Waals surface area contributed by atoms with Crippen LogP contribution >= 0.6 is 23.2 Å². The van der Waals surface area contributed by atoms with Crippen LogP contribution < -0.4 is 5.32 Å². The highest BCUT2D eigenvalue weighted by molar-refractivity contribution is 6.36. The Hall–Kier alpha value is -2.82. The molecule has 0 fully saturated rings. The van der Waals surface area contributed by atoms with E-state index in [2.05, 4.69) is 10.3 Å². The minimum Gasteiger partial charge on any atom is -0.436 e. The first-order chi connectivity index (χ1) is 12.6. The van der Waals surface area contributed by atoms with Gasteiger partial charge in [-0.2, -0.15) is 0 Å². The van der Waals surface area contributed by atoms with E-state index in [1.807, 2.05) is 36.4 Å². The normalized spacial score (nSPS) is 10.8. The fourth-order valence-electron chi connectivity index (χ4n) is 2.56. The smallest absolute Gasteiger partial charge is 0.257 e. The number of hydrogen-bond acceptors (Lipinski definition) is 3. The molecule has 4 rings (SSSR count). The molecule has 4 aromatic rings. The lowest BCUT2D eigenvalue weighted by atomic mass is 10.2. The van der Waals surface area contributed by atoms with Crippen LogP contribution in [0.3, 0.4) is 0 Å². The summed E-state index contributed by atoms with van der Waals surface area (Å²) in [4.78, 5) is 16.8. The Morgan fingerprint density at radius 2 is 1.73 bits per heavy atom. The molecule has 0 aliphatic heterocycles. The zero-order valence-corrected chi connectivity index (χ0v) is 14.9. The van der Waals surface area contributed by atoms with Gasteiger partial charge in [0.25, 0.3) is 5.91 Å². The van der Waals surface area contributed by atoms with Gasteiger partial charge in [-0.3, -0.25) is 4.79 Å². The Morgan fingerprint density at radius 3 is 2.50 bits per heavy atom. The van der Waals surface area contributed by atoms with Crippen molar-refractivity contribution in [2.45, 2.75) is 0 Å². The number of hydrogen-bond donors (Lipinski definition) is 1. The first-order valence-corrected chi connectivity index (χ1v) is 8.58. The summed E-state index contributed by atoms with van der Waals surface area (Å²) in [5.74, 6) is 0.203. The number of benzene rings is 3. The van der Waals surface area contributed by atoms with E-state index in [0.717, 1.165) is 16.7 Å². The van der Waals surface area contributed by atoms with Crippen molar-refractivity contribution in [1.82, 2.24) is 4.98 Å². The van der Waals surface area contributed by atoms with Crippen molar-refractivity contribution < 1.29 is 9.21 Å². The van der Waals surface area contributed by atoms with Crippen molar-refractivity contribution in [3.8, 4) is 11.5 Å². The second kappa shape index (κ2) is 6.83. The summed E-state index contributed by atoms with van der Waals surface area (Å²) < 4.78 is 5.74. The van der Waals surface area contributed by atoms with Gasteiger partial charge in [0, 0.05) is 16.3 Å². The van der Waals surface area contributed by atoms with Gasteiger partial charge < -0.3 is 9.73 Å². The van der Waals surface area contributed by atoms with Crippen LogP contribution in [-0.2, 0) is 0 Å². The van der Waals surface area contributed by atoms with Gasteiger partial charge in [0.15, 0.2) is 5.58 Å². The highest BCUT2D eigenvalue weighted by Gasteiger charge is 2.12. The lowest BCUT2D eigenvalue weighted by molar-refractivity contribution is 0.102. The second-order valence-electron chi connectivity index (χ2n) is 5.64. The largest absolute Gasteiger partial charge is 0.436 e. The molecule has 0 unspecified atom stereocenters. The summed E-state index contributed by atoms with van der Waals surface area (Å²) in [6.07, 6.45) is 0. The molecule has 6 heteroatoms. The van der Waals surface area contributed by atoms with Crippen LogP contribution in [0.1, 0.15) is 10.4 Å². The van der Waals surface area contributed by atoms with Gasteiger partial charge in [-0.1, -0.05) is 35.3 Å². The van der Waals surface area contributed by atoms with Gasteiger partial charge in [0.05, 0.1) is 10.6 Å². The molecule has 1 heterocycles. The number of oxazole rings is 1. The monoisotopic (exact) mass is 382 g/mol. The van der Waals surface area contributed by atoms with Crippen molar-refractivity contribution in [3.63, 3.8) is 0 Å². The molecule has 26 heavy (non-hydrogen) atoms. The first kappa shape index (κ1) is 16.6.